The number of carbonyl (C=O) groups excluding carboxylic acids is 1. The molecule has 0 aromatic carbocycles. The highest BCUT2D eigenvalue weighted by molar-refractivity contribution is 5.87. The maximum atomic E-state index is 11.6. The summed E-state index contributed by atoms with van der Waals surface area (Å²) in [4.78, 5) is 11.6. The van der Waals surface area contributed by atoms with Crippen LogP contribution < -0.4 is 0 Å². The summed E-state index contributed by atoms with van der Waals surface area (Å²) in [6.45, 7) is 5.89. The number of carbonyl (C=O) groups is 1. The summed E-state index contributed by atoms with van der Waals surface area (Å²) < 4.78 is 5.41. The van der Waals surface area contributed by atoms with Crippen LogP contribution in [0.4, 0.5) is 0 Å². The molecule has 1 aliphatic carbocycles. The highest BCUT2D eigenvalue weighted by Crippen LogP contribution is 2.21. The molecule has 0 unspecified atom stereocenters. The molecule has 0 aromatic rings. The highest BCUT2D eigenvalue weighted by Gasteiger charge is 2.18. The molecule has 0 N–H and O–H groups in total. The van der Waals surface area contributed by atoms with Gasteiger partial charge in [0.25, 0.3) is 0 Å². The first-order chi connectivity index (χ1) is 7.24. The average molecular weight is 210 g/mol. The number of esters is 1. The second kappa shape index (κ2) is 6.65. The predicted octanol–water partition coefficient (Wildman–Crippen LogP) is 3.61. The fourth-order valence-electron chi connectivity index (χ4n) is 1.91. The van der Waals surface area contributed by atoms with Crippen molar-refractivity contribution in [1.29, 1.82) is 0 Å². The third-order valence-electron chi connectivity index (χ3n) is 2.95. The number of rotatable bonds is 5. The quantitative estimate of drug-likeness (QED) is 0.512. The molecule has 1 fully saturated rings. The minimum atomic E-state index is -0.171. The smallest absolute Gasteiger partial charge is 0.333 e. The molecular weight excluding hydrogens is 188 g/mol. The Balaban J connectivity index is 2.24. The molecular formula is C13H22O2. The van der Waals surface area contributed by atoms with Gasteiger partial charge >= 0.3 is 5.97 Å². The van der Waals surface area contributed by atoms with Crippen LogP contribution in [0.15, 0.2) is 12.2 Å². The van der Waals surface area contributed by atoms with Crippen molar-refractivity contribution < 1.29 is 9.53 Å². The average Bonchev–Trinajstić information content (AvgIpc) is 2.27. The summed E-state index contributed by atoms with van der Waals surface area (Å²) in [5, 5.41) is 0. The molecule has 2 nitrogen and oxygen atoms in total. The highest BCUT2D eigenvalue weighted by atomic mass is 16.5. The van der Waals surface area contributed by atoms with Crippen molar-refractivity contribution in [2.24, 2.45) is 0 Å². The standard InChI is InChI=1S/C13H22O2/c1-3-4-8-11(2)13(14)15-12-9-6-5-7-10-12/h12H,2-10H2,1H3. The van der Waals surface area contributed by atoms with Gasteiger partial charge in [0.2, 0.25) is 0 Å². The molecule has 86 valence electrons. The second-order valence-electron chi connectivity index (χ2n) is 4.37. The zero-order valence-electron chi connectivity index (χ0n) is 9.76. The molecule has 15 heavy (non-hydrogen) atoms. The van der Waals surface area contributed by atoms with E-state index in [-0.39, 0.29) is 12.1 Å². The molecule has 0 spiro atoms. The molecule has 1 aliphatic rings. The number of hydrogen-bond acceptors (Lipinski definition) is 2. The van der Waals surface area contributed by atoms with Gasteiger partial charge < -0.3 is 4.74 Å². The molecule has 0 aliphatic heterocycles. The van der Waals surface area contributed by atoms with Gasteiger partial charge in [-0.2, -0.15) is 0 Å². The van der Waals surface area contributed by atoms with Crippen LogP contribution in [-0.2, 0) is 9.53 Å². The number of ether oxygens (including phenoxy) is 1. The first kappa shape index (κ1) is 12.3. The van der Waals surface area contributed by atoms with Crippen LogP contribution in [-0.4, -0.2) is 12.1 Å². The lowest BCUT2D eigenvalue weighted by Crippen LogP contribution is -2.21. The predicted molar refractivity (Wildman–Crippen MR) is 61.6 cm³/mol. The van der Waals surface area contributed by atoms with Gasteiger partial charge in [0.1, 0.15) is 6.10 Å². The lowest BCUT2D eigenvalue weighted by Gasteiger charge is -2.22. The minimum Gasteiger partial charge on any atom is -0.459 e. The molecule has 0 heterocycles. The van der Waals surface area contributed by atoms with E-state index in [9.17, 15) is 4.79 Å². The molecule has 1 saturated carbocycles. The van der Waals surface area contributed by atoms with Gasteiger partial charge in [-0.1, -0.05) is 26.3 Å². The van der Waals surface area contributed by atoms with E-state index < -0.39 is 0 Å². The van der Waals surface area contributed by atoms with Gasteiger partial charge in [-0.05, 0) is 38.5 Å². The topological polar surface area (TPSA) is 26.3 Å². The largest absolute Gasteiger partial charge is 0.459 e. The van der Waals surface area contributed by atoms with Crippen molar-refractivity contribution in [3.05, 3.63) is 12.2 Å². The van der Waals surface area contributed by atoms with Crippen molar-refractivity contribution in [3.8, 4) is 0 Å². The Morgan fingerprint density at radius 1 is 1.33 bits per heavy atom. The van der Waals surface area contributed by atoms with E-state index in [1.807, 2.05) is 0 Å². The monoisotopic (exact) mass is 210 g/mol. The second-order valence-corrected chi connectivity index (χ2v) is 4.37. The Bertz CT molecular complexity index is 215. The summed E-state index contributed by atoms with van der Waals surface area (Å²) in [5.41, 5.74) is 0.641. The van der Waals surface area contributed by atoms with Crippen molar-refractivity contribution in [3.63, 3.8) is 0 Å². The molecule has 0 amide bonds. The van der Waals surface area contributed by atoms with Gasteiger partial charge in [0.05, 0.1) is 0 Å². The van der Waals surface area contributed by atoms with Crippen LogP contribution in [0.5, 0.6) is 0 Å². The maximum absolute atomic E-state index is 11.6. The van der Waals surface area contributed by atoms with E-state index in [1.165, 1.54) is 19.3 Å². The minimum absolute atomic E-state index is 0.157. The van der Waals surface area contributed by atoms with Crippen molar-refractivity contribution in [1.82, 2.24) is 0 Å². The van der Waals surface area contributed by atoms with Crippen LogP contribution in [0.2, 0.25) is 0 Å². The van der Waals surface area contributed by atoms with Crippen molar-refractivity contribution in [2.75, 3.05) is 0 Å². The summed E-state index contributed by atoms with van der Waals surface area (Å²) in [6, 6.07) is 0. The Labute approximate surface area is 92.7 Å². The fourth-order valence-corrected chi connectivity index (χ4v) is 1.91. The zero-order chi connectivity index (χ0) is 11.1. The molecule has 0 aromatic heterocycles. The summed E-state index contributed by atoms with van der Waals surface area (Å²) in [5.74, 6) is -0.171. The molecule has 0 bridgehead atoms. The Morgan fingerprint density at radius 3 is 2.60 bits per heavy atom. The molecule has 1 rings (SSSR count). The third-order valence-corrected chi connectivity index (χ3v) is 2.95. The van der Waals surface area contributed by atoms with Crippen LogP contribution >= 0.6 is 0 Å². The van der Waals surface area contributed by atoms with Gasteiger partial charge in [-0.25, -0.2) is 4.79 Å². The SMILES string of the molecule is C=C(CCCC)C(=O)OC1CCCCC1. The third kappa shape index (κ3) is 4.50. The van der Waals surface area contributed by atoms with Crippen LogP contribution in [0, 0.1) is 0 Å². The van der Waals surface area contributed by atoms with Gasteiger partial charge in [0, 0.05) is 5.57 Å². The summed E-state index contributed by atoms with van der Waals surface area (Å²) in [7, 11) is 0. The molecule has 0 atom stereocenters. The Morgan fingerprint density at radius 2 is 2.00 bits per heavy atom. The van der Waals surface area contributed by atoms with Crippen LogP contribution in [0.3, 0.4) is 0 Å². The lowest BCUT2D eigenvalue weighted by molar-refractivity contribution is -0.145. The fraction of sp³-hybridized carbons (Fsp3) is 0.769. The maximum Gasteiger partial charge on any atom is 0.333 e. The van der Waals surface area contributed by atoms with Crippen molar-refractivity contribution in [2.45, 2.75) is 64.4 Å². The first-order valence-corrected chi connectivity index (χ1v) is 6.12. The molecule has 0 radical (unpaired) electrons. The zero-order valence-corrected chi connectivity index (χ0v) is 9.76. The van der Waals surface area contributed by atoms with Crippen LogP contribution in [0.25, 0.3) is 0 Å². The van der Waals surface area contributed by atoms with E-state index in [0.717, 1.165) is 32.1 Å². The lowest BCUT2D eigenvalue weighted by atomic mass is 9.98. The summed E-state index contributed by atoms with van der Waals surface area (Å²) in [6.07, 6.45) is 8.80. The molecule has 2 heteroatoms. The van der Waals surface area contributed by atoms with Gasteiger partial charge in [0.15, 0.2) is 0 Å². The van der Waals surface area contributed by atoms with Gasteiger partial charge in [-0.15, -0.1) is 0 Å². The van der Waals surface area contributed by atoms with E-state index in [2.05, 4.69) is 13.5 Å². The van der Waals surface area contributed by atoms with Gasteiger partial charge in [-0.3, -0.25) is 0 Å². The Hall–Kier alpha value is -0.790. The van der Waals surface area contributed by atoms with E-state index in [4.69, 9.17) is 4.74 Å². The van der Waals surface area contributed by atoms with E-state index >= 15 is 0 Å². The van der Waals surface area contributed by atoms with E-state index in [0.29, 0.717) is 5.57 Å². The van der Waals surface area contributed by atoms with E-state index in [1.54, 1.807) is 0 Å². The first-order valence-electron chi connectivity index (χ1n) is 6.12. The van der Waals surface area contributed by atoms with Crippen molar-refractivity contribution >= 4 is 5.97 Å². The number of unbranched alkanes of at least 4 members (excludes halogenated alkanes) is 1. The Kier molecular flexibility index (Phi) is 5.44. The molecule has 0 saturated heterocycles. The number of hydrogen-bond donors (Lipinski definition) is 0. The normalized spacial score (nSPS) is 17.4. The van der Waals surface area contributed by atoms with Crippen LogP contribution in [0.1, 0.15) is 58.3 Å². The summed E-state index contributed by atoms with van der Waals surface area (Å²) >= 11 is 0.